The van der Waals surface area contributed by atoms with E-state index in [0.29, 0.717) is 21.8 Å². The molecule has 30 heavy (non-hydrogen) atoms. The molecular weight excluding hydrogens is 398 g/mol. The number of rotatable bonds is 5. The lowest BCUT2D eigenvalue weighted by atomic mass is 9.87. The van der Waals surface area contributed by atoms with Crippen molar-refractivity contribution >= 4 is 29.0 Å². The van der Waals surface area contributed by atoms with Gasteiger partial charge in [-0.3, -0.25) is 9.59 Å². The second kappa shape index (κ2) is 7.71. The maximum atomic E-state index is 13.4. The van der Waals surface area contributed by atoms with Crippen LogP contribution in [-0.2, 0) is 16.9 Å². The van der Waals surface area contributed by atoms with Gasteiger partial charge in [-0.2, -0.15) is 0 Å². The highest BCUT2D eigenvalue weighted by Crippen LogP contribution is 2.44. The largest absolute Gasteiger partial charge is 0.375 e. The molecule has 4 nitrogen and oxygen atoms in total. The van der Waals surface area contributed by atoms with Crippen molar-refractivity contribution in [2.24, 2.45) is 0 Å². The molecule has 1 atom stereocenters. The highest BCUT2D eigenvalue weighted by atomic mass is 35.5. The lowest BCUT2D eigenvalue weighted by Crippen LogP contribution is -2.41. The Balaban J connectivity index is 1.71. The van der Waals surface area contributed by atoms with Crippen molar-refractivity contribution in [3.63, 3.8) is 0 Å². The average molecular weight is 420 g/mol. The maximum Gasteiger partial charge on any atom is 0.264 e. The molecule has 0 saturated heterocycles. The number of aryl methyl sites for hydroxylation is 2. The number of carbonyl (C=O) groups excluding carboxylic acids is 2. The van der Waals surface area contributed by atoms with E-state index in [2.05, 4.69) is 0 Å². The Hall–Kier alpha value is -2.95. The van der Waals surface area contributed by atoms with Gasteiger partial charge in [-0.15, -0.1) is 0 Å². The first-order valence-corrected chi connectivity index (χ1v) is 10.2. The summed E-state index contributed by atoms with van der Waals surface area (Å²) < 4.78 is 0. The number of ketones is 1. The van der Waals surface area contributed by atoms with Crippen LogP contribution in [0, 0.1) is 13.8 Å². The van der Waals surface area contributed by atoms with E-state index in [1.54, 1.807) is 30.3 Å². The molecule has 0 saturated carbocycles. The lowest BCUT2D eigenvalue weighted by Gasteiger charge is -2.23. The smallest absolute Gasteiger partial charge is 0.264 e. The van der Waals surface area contributed by atoms with Crippen molar-refractivity contribution in [2.75, 3.05) is 4.90 Å². The van der Waals surface area contributed by atoms with Crippen LogP contribution in [0.5, 0.6) is 0 Å². The van der Waals surface area contributed by atoms with E-state index in [1.807, 2.05) is 50.2 Å². The fraction of sp³-hybridized carbons (Fsp3) is 0.200. The van der Waals surface area contributed by atoms with Crippen molar-refractivity contribution in [3.05, 3.63) is 99.6 Å². The molecule has 1 amide bonds. The molecule has 3 aromatic rings. The summed E-state index contributed by atoms with van der Waals surface area (Å²) in [5, 5.41) is 12.0. The van der Waals surface area contributed by atoms with Crippen molar-refractivity contribution in [2.45, 2.75) is 32.4 Å². The number of Topliss-reactive ketones (excluding diaryl/α,β-unsaturated/α-hetero) is 1. The number of para-hydroxylation sites is 1. The number of anilines is 1. The highest BCUT2D eigenvalue weighted by molar-refractivity contribution is 6.31. The molecule has 0 aliphatic carbocycles. The molecule has 3 aromatic carbocycles. The third-order valence-electron chi connectivity index (χ3n) is 5.64. The SMILES string of the molecule is Cc1ccc(C)c(C(=O)C[C@]2(O)C(=O)N(Cc3ccccc3Cl)c3ccccc32)c1. The maximum absolute atomic E-state index is 13.4. The minimum absolute atomic E-state index is 0.218. The van der Waals surface area contributed by atoms with E-state index in [0.717, 1.165) is 16.7 Å². The molecule has 0 aromatic heterocycles. The molecule has 4 rings (SSSR count). The summed E-state index contributed by atoms with van der Waals surface area (Å²) in [7, 11) is 0. The van der Waals surface area contributed by atoms with Crippen LogP contribution >= 0.6 is 11.6 Å². The van der Waals surface area contributed by atoms with E-state index in [1.165, 1.54) is 4.90 Å². The molecule has 1 aliphatic heterocycles. The van der Waals surface area contributed by atoms with Crippen LogP contribution in [0.15, 0.2) is 66.7 Å². The van der Waals surface area contributed by atoms with Gasteiger partial charge in [0.05, 0.1) is 18.7 Å². The van der Waals surface area contributed by atoms with Crippen LogP contribution in [0.4, 0.5) is 5.69 Å². The third-order valence-corrected chi connectivity index (χ3v) is 6.00. The zero-order chi connectivity index (χ0) is 21.5. The number of amides is 1. The summed E-state index contributed by atoms with van der Waals surface area (Å²) >= 11 is 6.29. The Kier molecular flexibility index (Phi) is 5.22. The monoisotopic (exact) mass is 419 g/mol. The van der Waals surface area contributed by atoms with Crippen molar-refractivity contribution in [3.8, 4) is 0 Å². The van der Waals surface area contributed by atoms with Gasteiger partial charge >= 0.3 is 0 Å². The Morgan fingerprint density at radius 1 is 1.03 bits per heavy atom. The average Bonchev–Trinajstić information content (AvgIpc) is 2.93. The van der Waals surface area contributed by atoms with Gasteiger partial charge in [-0.25, -0.2) is 0 Å². The third kappa shape index (κ3) is 3.42. The molecule has 0 fully saturated rings. The van der Waals surface area contributed by atoms with Crippen molar-refractivity contribution in [1.29, 1.82) is 0 Å². The number of nitrogens with zero attached hydrogens (tertiary/aromatic N) is 1. The van der Waals surface area contributed by atoms with Gasteiger partial charge in [0.15, 0.2) is 11.4 Å². The number of fused-ring (bicyclic) bond motifs is 1. The van der Waals surface area contributed by atoms with E-state index in [-0.39, 0.29) is 18.7 Å². The minimum atomic E-state index is -1.91. The highest BCUT2D eigenvalue weighted by Gasteiger charge is 2.50. The van der Waals surface area contributed by atoms with Gasteiger partial charge in [0.2, 0.25) is 0 Å². The van der Waals surface area contributed by atoms with E-state index < -0.39 is 11.5 Å². The molecule has 1 heterocycles. The van der Waals surface area contributed by atoms with Gasteiger partial charge in [0, 0.05) is 16.1 Å². The zero-order valence-electron chi connectivity index (χ0n) is 16.9. The molecule has 5 heteroatoms. The first-order chi connectivity index (χ1) is 14.3. The predicted octanol–water partition coefficient (Wildman–Crippen LogP) is 4.96. The second-order valence-electron chi connectivity index (χ2n) is 7.78. The lowest BCUT2D eigenvalue weighted by molar-refractivity contribution is -0.136. The molecule has 1 N–H and O–H groups in total. The number of hydrogen-bond acceptors (Lipinski definition) is 3. The fourth-order valence-corrected chi connectivity index (χ4v) is 4.19. The first-order valence-electron chi connectivity index (χ1n) is 9.79. The van der Waals surface area contributed by atoms with Crippen LogP contribution in [0.25, 0.3) is 0 Å². The Morgan fingerprint density at radius 2 is 1.73 bits per heavy atom. The van der Waals surface area contributed by atoms with Crippen molar-refractivity contribution in [1.82, 2.24) is 0 Å². The standard InChI is InChI=1S/C25H22ClNO3/c1-16-11-12-17(2)19(13-16)23(28)14-25(30)20-8-4-6-10-22(20)27(24(25)29)15-18-7-3-5-9-21(18)26/h3-13,30H,14-15H2,1-2H3/t25-/m1/s1. The summed E-state index contributed by atoms with van der Waals surface area (Å²) in [5.41, 5.74) is 2.20. The van der Waals surface area contributed by atoms with Gasteiger partial charge in [-0.05, 0) is 43.2 Å². The second-order valence-corrected chi connectivity index (χ2v) is 8.19. The Morgan fingerprint density at radius 3 is 2.50 bits per heavy atom. The number of carbonyl (C=O) groups is 2. The van der Waals surface area contributed by atoms with E-state index >= 15 is 0 Å². The number of aliphatic hydroxyl groups is 1. The topological polar surface area (TPSA) is 57.6 Å². The molecule has 1 aliphatic rings. The molecule has 0 spiro atoms. The fourth-order valence-electron chi connectivity index (χ4n) is 4.00. The zero-order valence-corrected chi connectivity index (χ0v) is 17.6. The van der Waals surface area contributed by atoms with E-state index in [9.17, 15) is 14.7 Å². The van der Waals surface area contributed by atoms with Crippen LogP contribution < -0.4 is 4.90 Å². The van der Waals surface area contributed by atoms with Crippen LogP contribution in [0.1, 0.15) is 39.0 Å². The van der Waals surface area contributed by atoms with Crippen LogP contribution in [0.3, 0.4) is 0 Å². The summed E-state index contributed by atoms with van der Waals surface area (Å²) in [6.45, 7) is 3.98. The number of benzene rings is 3. The van der Waals surface area contributed by atoms with Crippen LogP contribution in [0.2, 0.25) is 5.02 Å². The Labute approximate surface area is 180 Å². The quantitative estimate of drug-likeness (QED) is 0.594. The summed E-state index contributed by atoms with van der Waals surface area (Å²) in [6.07, 6.45) is -0.313. The van der Waals surface area contributed by atoms with E-state index in [4.69, 9.17) is 11.6 Å². The Bertz CT molecular complexity index is 1160. The number of hydrogen-bond donors (Lipinski definition) is 1. The summed E-state index contributed by atoms with van der Waals surface area (Å²) in [4.78, 5) is 28.0. The van der Waals surface area contributed by atoms with Crippen LogP contribution in [-0.4, -0.2) is 16.8 Å². The molecule has 0 radical (unpaired) electrons. The number of halogens is 1. The molecule has 0 unspecified atom stereocenters. The summed E-state index contributed by atoms with van der Waals surface area (Å²) in [5.74, 6) is -0.774. The molecule has 152 valence electrons. The minimum Gasteiger partial charge on any atom is -0.375 e. The van der Waals surface area contributed by atoms with Gasteiger partial charge < -0.3 is 10.0 Å². The first kappa shape index (κ1) is 20.3. The van der Waals surface area contributed by atoms with Gasteiger partial charge in [0.1, 0.15) is 0 Å². The molecule has 0 bridgehead atoms. The normalized spacial score (nSPS) is 17.9. The van der Waals surface area contributed by atoms with Crippen molar-refractivity contribution < 1.29 is 14.7 Å². The predicted molar refractivity (Wildman–Crippen MR) is 118 cm³/mol. The van der Waals surface area contributed by atoms with Gasteiger partial charge in [-0.1, -0.05) is 65.7 Å². The van der Waals surface area contributed by atoms with Gasteiger partial charge in [0.25, 0.3) is 5.91 Å². The summed E-state index contributed by atoms with van der Waals surface area (Å²) in [6, 6.07) is 19.9. The molecular formula is C25H22ClNO3.